The average molecular weight is 222 g/mol. The summed E-state index contributed by atoms with van der Waals surface area (Å²) in [4.78, 5) is 13.1. The predicted molar refractivity (Wildman–Crippen MR) is 63.4 cm³/mol. The Bertz CT molecular complexity index is 351. The SMILES string of the molecule is CN(C)CC(=O)NCCc1ccccc1O. The van der Waals surface area contributed by atoms with E-state index in [2.05, 4.69) is 5.32 Å². The number of benzene rings is 1. The van der Waals surface area contributed by atoms with E-state index < -0.39 is 0 Å². The Hall–Kier alpha value is -1.55. The molecule has 16 heavy (non-hydrogen) atoms. The number of likely N-dealkylation sites (N-methyl/N-ethyl adjacent to an activating group) is 1. The van der Waals surface area contributed by atoms with Gasteiger partial charge in [0.15, 0.2) is 0 Å². The number of aromatic hydroxyl groups is 1. The molecule has 0 fully saturated rings. The van der Waals surface area contributed by atoms with E-state index in [0.717, 1.165) is 5.56 Å². The lowest BCUT2D eigenvalue weighted by Gasteiger charge is -2.10. The van der Waals surface area contributed by atoms with Crippen LogP contribution in [0.15, 0.2) is 24.3 Å². The van der Waals surface area contributed by atoms with Crippen molar-refractivity contribution in [1.29, 1.82) is 0 Å². The number of carbonyl (C=O) groups is 1. The third-order valence-electron chi connectivity index (χ3n) is 2.17. The van der Waals surface area contributed by atoms with Crippen LogP contribution in [0.4, 0.5) is 0 Å². The van der Waals surface area contributed by atoms with Crippen molar-refractivity contribution in [3.8, 4) is 5.75 Å². The molecule has 1 aromatic carbocycles. The fourth-order valence-corrected chi connectivity index (χ4v) is 1.40. The summed E-state index contributed by atoms with van der Waals surface area (Å²) in [5.74, 6) is 0.282. The van der Waals surface area contributed by atoms with Gasteiger partial charge in [-0.3, -0.25) is 4.79 Å². The van der Waals surface area contributed by atoms with Crippen LogP contribution in [0.3, 0.4) is 0 Å². The molecule has 0 bridgehead atoms. The summed E-state index contributed by atoms with van der Waals surface area (Å²) in [6, 6.07) is 7.16. The number of hydrogen-bond acceptors (Lipinski definition) is 3. The van der Waals surface area contributed by atoms with Crippen molar-refractivity contribution < 1.29 is 9.90 Å². The van der Waals surface area contributed by atoms with E-state index in [1.165, 1.54) is 0 Å². The Morgan fingerprint density at radius 3 is 2.69 bits per heavy atom. The van der Waals surface area contributed by atoms with Gasteiger partial charge in [-0.15, -0.1) is 0 Å². The number of hydrogen-bond donors (Lipinski definition) is 2. The molecule has 0 unspecified atom stereocenters. The monoisotopic (exact) mass is 222 g/mol. The molecule has 0 spiro atoms. The minimum atomic E-state index is 0.000390. The molecule has 0 atom stereocenters. The zero-order chi connectivity index (χ0) is 12.0. The van der Waals surface area contributed by atoms with Gasteiger partial charge in [0.05, 0.1) is 6.54 Å². The molecule has 1 aromatic rings. The third kappa shape index (κ3) is 4.31. The highest BCUT2D eigenvalue weighted by Crippen LogP contribution is 2.15. The van der Waals surface area contributed by atoms with Crippen molar-refractivity contribution in [2.45, 2.75) is 6.42 Å². The molecular formula is C12H18N2O2. The smallest absolute Gasteiger partial charge is 0.234 e. The van der Waals surface area contributed by atoms with Gasteiger partial charge in [0.1, 0.15) is 5.75 Å². The van der Waals surface area contributed by atoms with E-state index in [-0.39, 0.29) is 11.7 Å². The standard InChI is InChI=1S/C12H18N2O2/c1-14(2)9-12(16)13-8-7-10-5-3-4-6-11(10)15/h3-6,15H,7-9H2,1-2H3,(H,13,16). The number of phenolic OH excluding ortho intramolecular Hbond substituents is 1. The minimum absolute atomic E-state index is 0.000390. The highest BCUT2D eigenvalue weighted by atomic mass is 16.3. The summed E-state index contributed by atoms with van der Waals surface area (Å²) >= 11 is 0. The van der Waals surface area contributed by atoms with Crippen molar-refractivity contribution in [3.05, 3.63) is 29.8 Å². The third-order valence-corrected chi connectivity index (χ3v) is 2.17. The second kappa shape index (κ2) is 6.12. The maximum Gasteiger partial charge on any atom is 0.234 e. The molecule has 0 saturated heterocycles. The van der Waals surface area contributed by atoms with Crippen molar-refractivity contribution in [3.63, 3.8) is 0 Å². The van der Waals surface area contributed by atoms with Gasteiger partial charge < -0.3 is 15.3 Å². The second-order valence-electron chi connectivity index (χ2n) is 3.97. The van der Waals surface area contributed by atoms with Crippen molar-refractivity contribution in [2.24, 2.45) is 0 Å². The summed E-state index contributed by atoms with van der Waals surface area (Å²) < 4.78 is 0. The van der Waals surface area contributed by atoms with Crippen LogP contribution in [0.2, 0.25) is 0 Å². The zero-order valence-electron chi connectivity index (χ0n) is 9.73. The van der Waals surface area contributed by atoms with Crippen LogP contribution in [0.25, 0.3) is 0 Å². The lowest BCUT2D eigenvalue weighted by Crippen LogP contribution is -2.34. The summed E-state index contributed by atoms with van der Waals surface area (Å²) in [5.41, 5.74) is 0.854. The molecule has 0 radical (unpaired) electrons. The van der Waals surface area contributed by atoms with Gasteiger partial charge in [-0.25, -0.2) is 0 Å². The van der Waals surface area contributed by atoms with Gasteiger partial charge in [0.25, 0.3) is 0 Å². The van der Waals surface area contributed by atoms with E-state index >= 15 is 0 Å². The average Bonchev–Trinajstić information content (AvgIpc) is 2.19. The topological polar surface area (TPSA) is 52.6 Å². The Morgan fingerprint density at radius 1 is 1.38 bits per heavy atom. The summed E-state index contributed by atoms with van der Waals surface area (Å²) in [6.45, 7) is 0.936. The van der Waals surface area contributed by atoms with Gasteiger partial charge in [-0.1, -0.05) is 18.2 Å². The van der Waals surface area contributed by atoms with Crippen LogP contribution in [-0.4, -0.2) is 43.1 Å². The van der Waals surface area contributed by atoms with E-state index in [4.69, 9.17) is 0 Å². The number of rotatable bonds is 5. The van der Waals surface area contributed by atoms with Crippen LogP contribution in [-0.2, 0) is 11.2 Å². The molecule has 4 nitrogen and oxygen atoms in total. The summed E-state index contributed by atoms with van der Waals surface area (Å²) in [6.07, 6.45) is 0.645. The molecule has 88 valence electrons. The molecule has 0 saturated carbocycles. The van der Waals surface area contributed by atoms with Gasteiger partial charge >= 0.3 is 0 Å². The van der Waals surface area contributed by atoms with E-state index in [1.54, 1.807) is 12.1 Å². The Labute approximate surface area is 95.9 Å². The Kier molecular flexibility index (Phi) is 4.79. The zero-order valence-corrected chi connectivity index (χ0v) is 9.73. The number of carbonyl (C=O) groups excluding carboxylic acids is 1. The van der Waals surface area contributed by atoms with Crippen LogP contribution in [0.5, 0.6) is 5.75 Å². The molecule has 4 heteroatoms. The molecule has 0 aromatic heterocycles. The molecule has 2 N–H and O–H groups in total. The fourth-order valence-electron chi connectivity index (χ4n) is 1.40. The largest absolute Gasteiger partial charge is 0.508 e. The molecule has 0 aliphatic heterocycles. The van der Waals surface area contributed by atoms with Crippen molar-refractivity contribution in [1.82, 2.24) is 10.2 Å². The van der Waals surface area contributed by atoms with Crippen molar-refractivity contribution >= 4 is 5.91 Å². The maximum atomic E-state index is 11.3. The molecule has 0 aliphatic carbocycles. The first-order valence-corrected chi connectivity index (χ1v) is 5.28. The van der Waals surface area contributed by atoms with E-state index in [1.807, 2.05) is 31.1 Å². The fraction of sp³-hybridized carbons (Fsp3) is 0.417. The van der Waals surface area contributed by atoms with Crippen molar-refractivity contribution in [2.75, 3.05) is 27.2 Å². The minimum Gasteiger partial charge on any atom is -0.508 e. The number of nitrogens with one attached hydrogen (secondary N) is 1. The highest BCUT2D eigenvalue weighted by molar-refractivity contribution is 5.77. The molecule has 0 aliphatic rings. The normalized spacial score (nSPS) is 10.4. The maximum absolute atomic E-state index is 11.3. The molecule has 0 heterocycles. The number of nitrogens with zero attached hydrogens (tertiary/aromatic N) is 1. The number of amides is 1. The first-order valence-electron chi connectivity index (χ1n) is 5.28. The molecule has 1 rings (SSSR count). The lowest BCUT2D eigenvalue weighted by molar-refractivity contribution is -0.121. The molecule has 1 amide bonds. The number of phenols is 1. The van der Waals surface area contributed by atoms with Crippen LogP contribution in [0.1, 0.15) is 5.56 Å². The van der Waals surface area contributed by atoms with Gasteiger partial charge in [0.2, 0.25) is 5.91 Å². The first kappa shape index (κ1) is 12.5. The lowest BCUT2D eigenvalue weighted by atomic mass is 10.1. The van der Waals surface area contributed by atoms with Crippen LogP contribution < -0.4 is 5.32 Å². The predicted octanol–water partition coefficient (Wildman–Crippen LogP) is 0.612. The second-order valence-corrected chi connectivity index (χ2v) is 3.97. The Morgan fingerprint density at radius 2 is 2.06 bits per heavy atom. The van der Waals surface area contributed by atoms with Gasteiger partial charge in [-0.2, -0.15) is 0 Å². The van der Waals surface area contributed by atoms with E-state index in [0.29, 0.717) is 19.5 Å². The van der Waals surface area contributed by atoms with Gasteiger partial charge in [-0.05, 0) is 32.1 Å². The number of para-hydroxylation sites is 1. The summed E-state index contributed by atoms with van der Waals surface area (Å²) in [5, 5.41) is 12.3. The molecular weight excluding hydrogens is 204 g/mol. The van der Waals surface area contributed by atoms with E-state index in [9.17, 15) is 9.90 Å². The quantitative estimate of drug-likeness (QED) is 0.767. The first-order chi connectivity index (χ1) is 7.59. The van der Waals surface area contributed by atoms with Crippen LogP contribution >= 0.6 is 0 Å². The van der Waals surface area contributed by atoms with Crippen LogP contribution in [0, 0.1) is 0 Å². The highest BCUT2D eigenvalue weighted by Gasteiger charge is 2.03. The van der Waals surface area contributed by atoms with Gasteiger partial charge in [0, 0.05) is 6.54 Å². The Balaban J connectivity index is 2.31. The summed E-state index contributed by atoms with van der Waals surface area (Å²) in [7, 11) is 3.70.